The number of aliphatic hydroxyl groups excluding tert-OH is 1. The summed E-state index contributed by atoms with van der Waals surface area (Å²) in [7, 11) is 0. The van der Waals surface area contributed by atoms with E-state index in [9.17, 15) is 24.3 Å². The number of ether oxygens (including phenoxy) is 2. The first-order valence-electron chi connectivity index (χ1n) is 16.0. The Hall–Kier alpha value is -3.50. The number of esters is 1. The number of rotatable bonds is 8. The predicted molar refractivity (Wildman–Crippen MR) is 163 cm³/mol. The summed E-state index contributed by atoms with van der Waals surface area (Å²) in [5.74, 6) is -3.19. The molecule has 2 N–H and O–H groups in total. The number of cyclic esters (lactones) is 1. The third-order valence-corrected chi connectivity index (χ3v) is 9.43. The van der Waals surface area contributed by atoms with Crippen molar-refractivity contribution in [2.45, 2.75) is 95.2 Å². The lowest BCUT2D eigenvalue weighted by molar-refractivity contribution is -0.161. The smallest absolute Gasteiger partial charge is 0.313 e. The zero-order valence-electron chi connectivity index (χ0n) is 25.9. The Labute approximate surface area is 259 Å². The molecule has 0 aromatic heterocycles. The summed E-state index contributed by atoms with van der Waals surface area (Å²) in [6.07, 6.45) is 9.26. The number of allylic oxidation sites excluding steroid dienone is 1. The molecule has 5 rings (SSSR count). The molecule has 4 aliphatic heterocycles. The number of aliphatic hydroxyl groups is 1. The SMILES string of the molecule is CCCC(C)N1C/C=C\CCC(=O)N[C@H](C)[C@@H](c2ccccc2)OC(=O)[C@@H]2[C@@H]3C=C[C@]4(O3)[C@H](C1=O)N(CCCCO)C(=O)[C@@H]24. The topological polar surface area (TPSA) is 125 Å². The number of amides is 3. The maximum atomic E-state index is 14.6. The van der Waals surface area contributed by atoms with Crippen LogP contribution in [-0.2, 0) is 28.7 Å². The lowest BCUT2D eigenvalue weighted by Gasteiger charge is -2.38. The lowest BCUT2D eigenvalue weighted by Crippen LogP contribution is -2.57. The van der Waals surface area contributed by atoms with Crippen molar-refractivity contribution in [3.8, 4) is 0 Å². The molecule has 0 radical (unpaired) electrons. The van der Waals surface area contributed by atoms with Crippen molar-refractivity contribution in [3.05, 3.63) is 60.2 Å². The summed E-state index contributed by atoms with van der Waals surface area (Å²) >= 11 is 0. The maximum absolute atomic E-state index is 14.6. The number of likely N-dealkylation sites (tertiary alicyclic amines) is 1. The summed E-state index contributed by atoms with van der Waals surface area (Å²) in [6, 6.07) is 7.64. The van der Waals surface area contributed by atoms with Gasteiger partial charge in [0.15, 0.2) is 0 Å². The third-order valence-electron chi connectivity index (χ3n) is 9.43. The minimum absolute atomic E-state index is 0.0251. The van der Waals surface area contributed by atoms with Gasteiger partial charge in [0.25, 0.3) is 0 Å². The average molecular weight is 608 g/mol. The molecule has 1 aromatic carbocycles. The molecule has 0 aliphatic carbocycles. The highest BCUT2D eigenvalue weighted by Crippen LogP contribution is 2.56. The predicted octanol–water partition coefficient (Wildman–Crippen LogP) is 3.07. The fraction of sp³-hybridized carbons (Fsp3) is 0.588. The first-order chi connectivity index (χ1) is 21.2. The number of nitrogens with one attached hydrogen (secondary N) is 1. The van der Waals surface area contributed by atoms with Gasteiger partial charge in [0, 0.05) is 32.2 Å². The Morgan fingerprint density at radius 2 is 1.86 bits per heavy atom. The Kier molecular flexibility index (Phi) is 9.90. The zero-order chi connectivity index (χ0) is 31.4. The standard InChI is InChI=1S/C34H45N3O7/c1-4-13-22(2)36-19-10-6-9-16-26(39)35-23(3)29(24-14-7-5-8-15-24)43-33(42)27-25-17-18-34(44-25)28(27)31(40)37(20-11-12-21-38)30(34)32(36)41/h5-8,10,14-15,17-18,22-23,25,27-30,38H,4,9,11-13,16,19-21H2,1-3H3,(H,35,39)/b10-6-/t22?,23-,25+,27-,28-,29+,30+,34-/m1/s1. The quantitative estimate of drug-likeness (QED) is 0.264. The van der Waals surface area contributed by atoms with Crippen LogP contribution in [0.3, 0.4) is 0 Å². The van der Waals surface area contributed by atoms with E-state index in [1.165, 1.54) is 0 Å². The molecule has 1 aromatic rings. The second kappa shape index (κ2) is 13.6. The van der Waals surface area contributed by atoms with Crippen molar-refractivity contribution in [2.24, 2.45) is 11.8 Å². The second-order valence-corrected chi connectivity index (χ2v) is 12.4. The van der Waals surface area contributed by atoms with Crippen LogP contribution in [0.1, 0.15) is 71.0 Å². The van der Waals surface area contributed by atoms with E-state index < -0.39 is 47.7 Å². The highest BCUT2D eigenvalue weighted by atomic mass is 16.6. The lowest BCUT2D eigenvalue weighted by atomic mass is 9.74. The van der Waals surface area contributed by atoms with Crippen molar-refractivity contribution in [1.82, 2.24) is 15.1 Å². The van der Waals surface area contributed by atoms with Crippen LogP contribution in [-0.4, -0.2) is 88.1 Å². The molecular weight excluding hydrogens is 562 g/mol. The van der Waals surface area contributed by atoms with Gasteiger partial charge in [-0.1, -0.05) is 68.0 Å². The second-order valence-electron chi connectivity index (χ2n) is 12.4. The highest BCUT2D eigenvalue weighted by Gasteiger charge is 2.73. The number of carbonyl (C=O) groups is 4. The van der Waals surface area contributed by atoms with Gasteiger partial charge in [-0.25, -0.2) is 0 Å². The monoisotopic (exact) mass is 607 g/mol. The number of hydrogen-bond acceptors (Lipinski definition) is 7. The minimum Gasteiger partial charge on any atom is -0.455 e. The van der Waals surface area contributed by atoms with Crippen LogP contribution < -0.4 is 5.32 Å². The number of benzene rings is 1. The summed E-state index contributed by atoms with van der Waals surface area (Å²) in [5, 5.41) is 12.4. The van der Waals surface area contributed by atoms with Gasteiger partial charge in [-0.2, -0.15) is 0 Å². The molecule has 2 fully saturated rings. The van der Waals surface area contributed by atoms with Gasteiger partial charge >= 0.3 is 5.97 Å². The van der Waals surface area contributed by atoms with E-state index in [0.29, 0.717) is 25.8 Å². The van der Waals surface area contributed by atoms with Crippen LogP contribution in [0.15, 0.2) is 54.6 Å². The van der Waals surface area contributed by atoms with E-state index in [4.69, 9.17) is 9.47 Å². The van der Waals surface area contributed by atoms with Crippen LogP contribution in [0, 0.1) is 11.8 Å². The molecule has 4 heterocycles. The molecular formula is C34H45N3O7. The fourth-order valence-corrected chi connectivity index (χ4v) is 7.30. The average Bonchev–Trinajstić information content (AvgIpc) is 3.65. The van der Waals surface area contributed by atoms with Gasteiger partial charge in [-0.15, -0.1) is 0 Å². The summed E-state index contributed by atoms with van der Waals surface area (Å²) in [5.41, 5.74) is -0.580. The number of hydrogen-bond donors (Lipinski definition) is 2. The van der Waals surface area contributed by atoms with Gasteiger partial charge in [0.1, 0.15) is 23.7 Å². The van der Waals surface area contributed by atoms with E-state index >= 15 is 0 Å². The molecule has 3 amide bonds. The fourth-order valence-electron chi connectivity index (χ4n) is 7.30. The molecule has 238 valence electrons. The Bertz CT molecular complexity index is 1280. The molecule has 10 nitrogen and oxygen atoms in total. The summed E-state index contributed by atoms with van der Waals surface area (Å²) < 4.78 is 12.7. The van der Waals surface area contributed by atoms with Gasteiger partial charge in [0.2, 0.25) is 17.7 Å². The largest absolute Gasteiger partial charge is 0.455 e. The van der Waals surface area contributed by atoms with Crippen LogP contribution >= 0.6 is 0 Å². The molecule has 2 saturated heterocycles. The van der Waals surface area contributed by atoms with E-state index in [1.54, 1.807) is 22.8 Å². The van der Waals surface area contributed by atoms with Crippen LogP contribution in [0.4, 0.5) is 0 Å². The summed E-state index contributed by atoms with van der Waals surface area (Å²) in [6.45, 7) is 6.43. The van der Waals surface area contributed by atoms with Crippen LogP contribution in [0.5, 0.6) is 0 Å². The van der Waals surface area contributed by atoms with Gasteiger partial charge in [-0.05, 0) is 45.1 Å². The first kappa shape index (κ1) is 31.9. The normalized spacial score (nSPS) is 33.7. The van der Waals surface area contributed by atoms with E-state index in [2.05, 4.69) is 12.2 Å². The van der Waals surface area contributed by atoms with Crippen molar-refractivity contribution >= 4 is 23.7 Å². The molecule has 44 heavy (non-hydrogen) atoms. The molecule has 1 unspecified atom stereocenters. The van der Waals surface area contributed by atoms with Crippen molar-refractivity contribution < 1.29 is 33.8 Å². The van der Waals surface area contributed by atoms with Gasteiger partial charge in [0.05, 0.1) is 18.1 Å². The highest BCUT2D eigenvalue weighted by molar-refractivity contribution is 5.99. The van der Waals surface area contributed by atoms with E-state index in [1.807, 2.05) is 55.5 Å². The summed E-state index contributed by atoms with van der Waals surface area (Å²) in [4.78, 5) is 59.2. The van der Waals surface area contributed by atoms with E-state index in [0.717, 1.165) is 18.4 Å². The Morgan fingerprint density at radius 3 is 2.59 bits per heavy atom. The number of unbranched alkanes of at least 4 members (excludes halogenated alkanes) is 1. The Morgan fingerprint density at radius 1 is 1.09 bits per heavy atom. The van der Waals surface area contributed by atoms with Gasteiger partial charge < -0.3 is 29.7 Å². The van der Waals surface area contributed by atoms with Crippen molar-refractivity contribution in [3.63, 3.8) is 0 Å². The first-order valence-corrected chi connectivity index (χ1v) is 16.0. The van der Waals surface area contributed by atoms with Gasteiger partial charge in [-0.3, -0.25) is 19.2 Å². The Balaban J connectivity index is 1.57. The molecule has 5 bridgehead atoms. The minimum atomic E-state index is -1.30. The molecule has 8 atom stereocenters. The van der Waals surface area contributed by atoms with Crippen molar-refractivity contribution in [2.75, 3.05) is 19.7 Å². The number of nitrogens with zero attached hydrogens (tertiary/aromatic N) is 2. The molecule has 4 aliphatic rings. The third kappa shape index (κ3) is 5.94. The van der Waals surface area contributed by atoms with Crippen LogP contribution in [0.2, 0.25) is 0 Å². The molecule has 1 spiro atoms. The number of fused-ring (bicyclic) bond motifs is 2. The van der Waals surface area contributed by atoms with Crippen LogP contribution in [0.25, 0.3) is 0 Å². The van der Waals surface area contributed by atoms with Crippen molar-refractivity contribution in [1.29, 1.82) is 0 Å². The number of carbonyl (C=O) groups excluding carboxylic acids is 4. The zero-order valence-corrected chi connectivity index (χ0v) is 25.9. The van der Waals surface area contributed by atoms with E-state index in [-0.39, 0.29) is 43.3 Å². The maximum Gasteiger partial charge on any atom is 0.313 e. The molecule has 0 saturated carbocycles. The molecule has 10 heteroatoms.